The molecule has 0 spiro atoms. The number of hydrogen-bond donors (Lipinski definition) is 1. The number of amides is 1. The highest BCUT2D eigenvalue weighted by Gasteiger charge is 2.15. The van der Waals surface area contributed by atoms with E-state index in [1.54, 1.807) is 24.1 Å². The summed E-state index contributed by atoms with van der Waals surface area (Å²) in [7, 11) is 1.76. The third-order valence-electron chi connectivity index (χ3n) is 2.80. The van der Waals surface area contributed by atoms with Gasteiger partial charge in [0, 0.05) is 26.1 Å². The molecule has 0 saturated carbocycles. The van der Waals surface area contributed by atoms with Gasteiger partial charge in [0.1, 0.15) is 5.82 Å². The molecule has 0 saturated heterocycles. The SMILES string of the molecule is CC(CN)C(=O)N(C)CCc1ccc(F)cc1. The van der Waals surface area contributed by atoms with Crippen molar-refractivity contribution in [1.82, 2.24) is 4.90 Å². The maximum absolute atomic E-state index is 12.7. The first-order valence-electron chi connectivity index (χ1n) is 5.74. The fourth-order valence-corrected chi connectivity index (χ4v) is 1.54. The molecule has 0 radical (unpaired) electrons. The summed E-state index contributed by atoms with van der Waals surface area (Å²) in [5.41, 5.74) is 6.47. The molecule has 0 heterocycles. The zero-order chi connectivity index (χ0) is 12.8. The number of likely N-dealkylation sites (N-methyl/N-ethyl adjacent to an activating group) is 1. The summed E-state index contributed by atoms with van der Waals surface area (Å²) in [6, 6.07) is 6.33. The Morgan fingerprint density at radius 3 is 2.53 bits per heavy atom. The number of nitrogens with zero attached hydrogens (tertiary/aromatic N) is 1. The minimum Gasteiger partial charge on any atom is -0.345 e. The highest BCUT2D eigenvalue weighted by atomic mass is 19.1. The van der Waals surface area contributed by atoms with Crippen molar-refractivity contribution in [3.05, 3.63) is 35.6 Å². The number of benzene rings is 1. The number of carbonyl (C=O) groups excluding carboxylic acids is 1. The predicted octanol–water partition coefficient (Wildman–Crippen LogP) is 1.42. The number of nitrogens with two attached hydrogens (primary N) is 1. The zero-order valence-corrected chi connectivity index (χ0v) is 10.3. The van der Waals surface area contributed by atoms with E-state index in [-0.39, 0.29) is 17.6 Å². The van der Waals surface area contributed by atoms with Crippen molar-refractivity contribution in [2.24, 2.45) is 11.7 Å². The van der Waals surface area contributed by atoms with Crippen molar-refractivity contribution in [3.8, 4) is 0 Å². The lowest BCUT2D eigenvalue weighted by Gasteiger charge is -2.20. The Morgan fingerprint density at radius 2 is 2.00 bits per heavy atom. The number of halogens is 1. The second-order valence-corrected chi connectivity index (χ2v) is 4.27. The van der Waals surface area contributed by atoms with Crippen LogP contribution in [0.3, 0.4) is 0 Å². The average molecular weight is 238 g/mol. The molecule has 0 aliphatic carbocycles. The summed E-state index contributed by atoms with van der Waals surface area (Å²) in [4.78, 5) is 13.4. The second kappa shape index (κ2) is 6.35. The minimum atomic E-state index is -0.241. The van der Waals surface area contributed by atoms with E-state index < -0.39 is 0 Å². The van der Waals surface area contributed by atoms with Crippen LogP contribution in [0.1, 0.15) is 12.5 Å². The van der Waals surface area contributed by atoms with E-state index in [4.69, 9.17) is 5.73 Å². The van der Waals surface area contributed by atoms with Crippen LogP contribution in [0.25, 0.3) is 0 Å². The molecule has 1 aromatic rings. The first-order valence-corrected chi connectivity index (χ1v) is 5.74. The number of carbonyl (C=O) groups is 1. The van der Waals surface area contributed by atoms with Crippen LogP contribution in [0.2, 0.25) is 0 Å². The van der Waals surface area contributed by atoms with Crippen molar-refractivity contribution in [1.29, 1.82) is 0 Å². The van der Waals surface area contributed by atoms with Crippen molar-refractivity contribution in [3.63, 3.8) is 0 Å². The molecule has 4 heteroatoms. The van der Waals surface area contributed by atoms with Crippen LogP contribution in [-0.4, -0.2) is 30.9 Å². The number of rotatable bonds is 5. The summed E-state index contributed by atoms with van der Waals surface area (Å²) in [5.74, 6) is -0.335. The second-order valence-electron chi connectivity index (χ2n) is 4.27. The summed E-state index contributed by atoms with van der Waals surface area (Å²) < 4.78 is 12.7. The Labute approximate surface area is 101 Å². The molecule has 17 heavy (non-hydrogen) atoms. The highest BCUT2D eigenvalue weighted by molar-refractivity contribution is 5.78. The molecule has 1 unspecified atom stereocenters. The fourth-order valence-electron chi connectivity index (χ4n) is 1.54. The normalized spacial score (nSPS) is 12.2. The third-order valence-corrected chi connectivity index (χ3v) is 2.80. The van der Waals surface area contributed by atoms with Gasteiger partial charge in [-0.1, -0.05) is 19.1 Å². The van der Waals surface area contributed by atoms with E-state index in [0.717, 1.165) is 12.0 Å². The van der Waals surface area contributed by atoms with Crippen molar-refractivity contribution in [2.75, 3.05) is 20.1 Å². The Bertz CT molecular complexity index is 364. The minimum absolute atomic E-state index is 0.0506. The molecule has 0 aliphatic heterocycles. The standard InChI is InChI=1S/C13H19FN2O/c1-10(9-15)13(17)16(2)8-7-11-3-5-12(14)6-4-11/h3-6,10H,7-9,15H2,1-2H3. The van der Waals surface area contributed by atoms with Crippen LogP contribution < -0.4 is 5.73 Å². The van der Waals surface area contributed by atoms with E-state index in [1.807, 2.05) is 6.92 Å². The third kappa shape index (κ3) is 4.15. The maximum atomic E-state index is 12.7. The molecular weight excluding hydrogens is 219 g/mol. The Kier molecular flexibility index (Phi) is 5.10. The topological polar surface area (TPSA) is 46.3 Å². The number of hydrogen-bond acceptors (Lipinski definition) is 2. The maximum Gasteiger partial charge on any atom is 0.226 e. The Balaban J connectivity index is 2.45. The smallest absolute Gasteiger partial charge is 0.226 e. The highest BCUT2D eigenvalue weighted by Crippen LogP contribution is 2.05. The molecule has 2 N–H and O–H groups in total. The summed E-state index contributed by atoms with van der Waals surface area (Å²) in [6.07, 6.45) is 0.722. The van der Waals surface area contributed by atoms with Crippen LogP contribution in [0.4, 0.5) is 4.39 Å². The molecule has 0 aliphatic rings. The van der Waals surface area contributed by atoms with E-state index in [9.17, 15) is 9.18 Å². The largest absolute Gasteiger partial charge is 0.345 e. The molecular formula is C13H19FN2O. The first-order chi connectivity index (χ1) is 8.04. The van der Waals surface area contributed by atoms with Crippen LogP contribution >= 0.6 is 0 Å². The zero-order valence-electron chi connectivity index (χ0n) is 10.3. The lowest BCUT2D eigenvalue weighted by atomic mass is 10.1. The van der Waals surface area contributed by atoms with Gasteiger partial charge in [0.05, 0.1) is 0 Å². The van der Waals surface area contributed by atoms with Crippen LogP contribution in [0.5, 0.6) is 0 Å². The summed E-state index contributed by atoms with van der Waals surface area (Å²) in [5, 5.41) is 0. The van der Waals surface area contributed by atoms with Gasteiger partial charge in [-0.25, -0.2) is 4.39 Å². The molecule has 1 aromatic carbocycles. The van der Waals surface area contributed by atoms with Gasteiger partial charge in [-0.2, -0.15) is 0 Å². The van der Waals surface area contributed by atoms with Crippen molar-refractivity contribution < 1.29 is 9.18 Å². The van der Waals surface area contributed by atoms with Gasteiger partial charge in [0.15, 0.2) is 0 Å². The Morgan fingerprint density at radius 1 is 1.41 bits per heavy atom. The molecule has 0 fully saturated rings. The van der Waals surface area contributed by atoms with Gasteiger partial charge < -0.3 is 10.6 Å². The van der Waals surface area contributed by atoms with Crippen molar-refractivity contribution >= 4 is 5.91 Å². The molecule has 1 amide bonds. The van der Waals surface area contributed by atoms with E-state index in [2.05, 4.69) is 0 Å². The lowest BCUT2D eigenvalue weighted by molar-refractivity contribution is -0.133. The fraction of sp³-hybridized carbons (Fsp3) is 0.462. The van der Waals surface area contributed by atoms with E-state index in [0.29, 0.717) is 13.1 Å². The van der Waals surface area contributed by atoms with Crippen LogP contribution in [0, 0.1) is 11.7 Å². The molecule has 0 aromatic heterocycles. The van der Waals surface area contributed by atoms with Gasteiger partial charge in [-0.3, -0.25) is 4.79 Å². The molecule has 94 valence electrons. The van der Waals surface area contributed by atoms with Crippen LogP contribution in [-0.2, 0) is 11.2 Å². The van der Waals surface area contributed by atoms with Crippen LogP contribution in [0.15, 0.2) is 24.3 Å². The monoisotopic (exact) mass is 238 g/mol. The van der Waals surface area contributed by atoms with Gasteiger partial charge in [0.2, 0.25) is 5.91 Å². The van der Waals surface area contributed by atoms with Crippen molar-refractivity contribution in [2.45, 2.75) is 13.3 Å². The molecule has 3 nitrogen and oxygen atoms in total. The summed E-state index contributed by atoms with van der Waals surface area (Å²) in [6.45, 7) is 2.80. The summed E-state index contributed by atoms with van der Waals surface area (Å²) >= 11 is 0. The molecule has 1 atom stereocenters. The Hall–Kier alpha value is -1.42. The van der Waals surface area contributed by atoms with E-state index >= 15 is 0 Å². The average Bonchev–Trinajstić information content (AvgIpc) is 2.35. The predicted molar refractivity (Wildman–Crippen MR) is 66.0 cm³/mol. The first kappa shape index (κ1) is 13.6. The van der Waals surface area contributed by atoms with Gasteiger partial charge in [-0.05, 0) is 24.1 Å². The quantitative estimate of drug-likeness (QED) is 0.843. The van der Waals surface area contributed by atoms with Gasteiger partial charge >= 0.3 is 0 Å². The van der Waals surface area contributed by atoms with E-state index in [1.165, 1.54) is 12.1 Å². The van der Waals surface area contributed by atoms with Gasteiger partial charge in [0.25, 0.3) is 0 Å². The molecule has 0 bridgehead atoms. The lowest BCUT2D eigenvalue weighted by Crippen LogP contribution is -2.36. The molecule has 1 rings (SSSR count). The van der Waals surface area contributed by atoms with Gasteiger partial charge in [-0.15, -0.1) is 0 Å².